The molecule has 0 spiro atoms. The Balaban J connectivity index is 1.72. The molecule has 1 unspecified atom stereocenters. The molecule has 0 radical (unpaired) electrons. The zero-order chi connectivity index (χ0) is 16.9. The first-order valence-electron chi connectivity index (χ1n) is 8.86. The molecule has 0 heterocycles. The molecule has 1 aliphatic carbocycles. The summed E-state index contributed by atoms with van der Waals surface area (Å²) in [4.78, 5) is 0. The van der Waals surface area contributed by atoms with Crippen LogP contribution in [0, 0.1) is 0 Å². The molecule has 0 bridgehead atoms. The van der Waals surface area contributed by atoms with E-state index in [4.69, 9.17) is 11.5 Å². The molecule has 6 N–H and O–H groups in total. The lowest BCUT2D eigenvalue weighted by Crippen LogP contribution is -2.22. The SMILES string of the molecule is CNc1ccc(N)c(C(N)c2ccc(NC3CCCCC3)cc2)c1. The lowest BCUT2D eigenvalue weighted by atomic mass is 9.95. The van der Waals surface area contributed by atoms with E-state index in [-0.39, 0.29) is 6.04 Å². The Hall–Kier alpha value is -2.20. The van der Waals surface area contributed by atoms with Crippen LogP contribution in [0.15, 0.2) is 42.5 Å². The smallest absolute Gasteiger partial charge is 0.0572 e. The maximum Gasteiger partial charge on any atom is 0.0572 e. The number of hydrogen-bond donors (Lipinski definition) is 4. The lowest BCUT2D eigenvalue weighted by molar-refractivity contribution is 0.463. The van der Waals surface area contributed by atoms with Crippen LogP contribution in [-0.4, -0.2) is 13.1 Å². The highest BCUT2D eigenvalue weighted by molar-refractivity contribution is 5.60. The Bertz CT molecular complexity index is 660. The molecule has 1 aliphatic rings. The topological polar surface area (TPSA) is 76.1 Å². The predicted octanol–water partition coefficient (Wildman–Crippen LogP) is 4.10. The van der Waals surface area contributed by atoms with Crippen molar-refractivity contribution in [1.29, 1.82) is 0 Å². The van der Waals surface area contributed by atoms with Crippen molar-refractivity contribution in [3.8, 4) is 0 Å². The number of nitrogen functional groups attached to an aromatic ring is 1. The van der Waals surface area contributed by atoms with Crippen LogP contribution in [0.5, 0.6) is 0 Å². The van der Waals surface area contributed by atoms with Crippen LogP contribution < -0.4 is 22.1 Å². The van der Waals surface area contributed by atoms with E-state index in [9.17, 15) is 0 Å². The number of benzene rings is 2. The first-order valence-corrected chi connectivity index (χ1v) is 8.86. The number of nitrogens with one attached hydrogen (secondary N) is 2. The Morgan fingerprint density at radius 2 is 1.62 bits per heavy atom. The maximum atomic E-state index is 6.45. The fourth-order valence-corrected chi connectivity index (χ4v) is 3.45. The van der Waals surface area contributed by atoms with Gasteiger partial charge in [-0.1, -0.05) is 31.4 Å². The highest BCUT2D eigenvalue weighted by Gasteiger charge is 2.15. The van der Waals surface area contributed by atoms with Crippen LogP contribution in [0.2, 0.25) is 0 Å². The minimum absolute atomic E-state index is 0.220. The van der Waals surface area contributed by atoms with Crippen LogP contribution in [0.25, 0.3) is 0 Å². The summed E-state index contributed by atoms with van der Waals surface area (Å²) in [6.45, 7) is 0. The predicted molar refractivity (Wildman–Crippen MR) is 103 cm³/mol. The summed E-state index contributed by atoms with van der Waals surface area (Å²) < 4.78 is 0. The monoisotopic (exact) mass is 324 g/mol. The number of hydrogen-bond acceptors (Lipinski definition) is 4. The molecule has 0 amide bonds. The van der Waals surface area contributed by atoms with E-state index in [0.717, 1.165) is 22.5 Å². The van der Waals surface area contributed by atoms with Crippen molar-refractivity contribution in [3.05, 3.63) is 53.6 Å². The van der Waals surface area contributed by atoms with Crippen molar-refractivity contribution >= 4 is 17.1 Å². The van der Waals surface area contributed by atoms with Crippen molar-refractivity contribution in [2.24, 2.45) is 5.73 Å². The molecule has 1 fully saturated rings. The Kier molecular flexibility index (Phi) is 5.26. The fraction of sp³-hybridized carbons (Fsp3) is 0.400. The largest absolute Gasteiger partial charge is 0.398 e. The van der Waals surface area contributed by atoms with E-state index in [1.807, 2.05) is 25.2 Å². The average molecular weight is 324 g/mol. The number of nitrogens with two attached hydrogens (primary N) is 2. The second kappa shape index (κ2) is 7.58. The van der Waals surface area contributed by atoms with Crippen LogP contribution >= 0.6 is 0 Å². The minimum Gasteiger partial charge on any atom is -0.398 e. The van der Waals surface area contributed by atoms with Gasteiger partial charge in [-0.25, -0.2) is 0 Å². The molecular weight excluding hydrogens is 296 g/mol. The van der Waals surface area contributed by atoms with Crippen molar-refractivity contribution in [2.75, 3.05) is 23.4 Å². The van der Waals surface area contributed by atoms with Gasteiger partial charge in [0.2, 0.25) is 0 Å². The zero-order valence-electron chi connectivity index (χ0n) is 14.4. The molecule has 0 aliphatic heterocycles. The Morgan fingerprint density at radius 3 is 2.29 bits per heavy atom. The molecule has 3 rings (SSSR count). The molecule has 0 saturated heterocycles. The van der Waals surface area contributed by atoms with Gasteiger partial charge in [0.05, 0.1) is 6.04 Å². The third-order valence-electron chi connectivity index (χ3n) is 4.96. The lowest BCUT2D eigenvalue weighted by Gasteiger charge is -2.24. The third-order valence-corrected chi connectivity index (χ3v) is 4.96. The summed E-state index contributed by atoms with van der Waals surface area (Å²) in [6.07, 6.45) is 6.59. The van der Waals surface area contributed by atoms with Gasteiger partial charge in [0.15, 0.2) is 0 Å². The molecule has 24 heavy (non-hydrogen) atoms. The Labute approximate surface area is 144 Å². The van der Waals surface area contributed by atoms with Crippen molar-refractivity contribution in [1.82, 2.24) is 0 Å². The van der Waals surface area contributed by atoms with Crippen molar-refractivity contribution in [3.63, 3.8) is 0 Å². The summed E-state index contributed by atoms with van der Waals surface area (Å²) in [6, 6.07) is 14.7. The second-order valence-electron chi connectivity index (χ2n) is 6.67. The highest BCUT2D eigenvalue weighted by atomic mass is 14.9. The molecular formula is C20H28N4. The first-order chi connectivity index (χ1) is 11.7. The molecule has 2 aromatic carbocycles. The molecule has 1 saturated carbocycles. The van der Waals surface area contributed by atoms with E-state index in [1.54, 1.807) is 0 Å². The fourth-order valence-electron chi connectivity index (χ4n) is 3.45. The standard InChI is InChI=1S/C20H28N4/c1-23-17-11-12-19(21)18(13-17)20(22)14-7-9-16(10-8-14)24-15-5-3-2-4-6-15/h7-13,15,20,23-24H,2-6,21-22H2,1H3. The molecule has 128 valence electrons. The van der Waals surface area contributed by atoms with Gasteiger partial charge in [-0.15, -0.1) is 0 Å². The zero-order valence-corrected chi connectivity index (χ0v) is 14.4. The molecule has 0 aromatic heterocycles. The molecule has 2 aromatic rings. The van der Waals surface area contributed by atoms with E-state index >= 15 is 0 Å². The summed E-state index contributed by atoms with van der Waals surface area (Å²) in [5, 5.41) is 6.78. The van der Waals surface area contributed by atoms with Gasteiger partial charge in [-0.3, -0.25) is 0 Å². The highest BCUT2D eigenvalue weighted by Crippen LogP contribution is 2.29. The maximum absolute atomic E-state index is 6.45. The third kappa shape index (κ3) is 3.82. The van der Waals surface area contributed by atoms with Crippen LogP contribution in [0.1, 0.15) is 49.3 Å². The summed E-state index contributed by atoms with van der Waals surface area (Å²) >= 11 is 0. The quantitative estimate of drug-likeness (QED) is 0.625. The first kappa shape index (κ1) is 16.7. The molecule has 4 heteroatoms. The van der Waals surface area contributed by atoms with Crippen molar-refractivity contribution in [2.45, 2.75) is 44.2 Å². The van der Waals surface area contributed by atoms with Gasteiger partial charge in [-0.05, 0) is 54.3 Å². The van der Waals surface area contributed by atoms with E-state index in [2.05, 4.69) is 34.9 Å². The van der Waals surface area contributed by atoms with E-state index < -0.39 is 0 Å². The van der Waals surface area contributed by atoms with Crippen LogP contribution in [0.4, 0.5) is 17.1 Å². The normalized spacial score (nSPS) is 16.6. The second-order valence-corrected chi connectivity index (χ2v) is 6.67. The summed E-state index contributed by atoms with van der Waals surface area (Å²) in [7, 11) is 1.90. The number of rotatable bonds is 5. The van der Waals surface area contributed by atoms with E-state index in [0.29, 0.717) is 6.04 Å². The van der Waals surface area contributed by atoms with Crippen LogP contribution in [0.3, 0.4) is 0 Å². The van der Waals surface area contributed by atoms with Crippen molar-refractivity contribution < 1.29 is 0 Å². The average Bonchev–Trinajstić information content (AvgIpc) is 2.63. The number of anilines is 3. The summed E-state index contributed by atoms with van der Waals surface area (Å²) in [5.41, 5.74) is 17.5. The molecule has 4 nitrogen and oxygen atoms in total. The van der Waals surface area contributed by atoms with Crippen LogP contribution in [-0.2, 0) is 0 Å². The van der Waals surface area contributed by atoms with Gasteiger partial charge < -0.3 is 22.1 Å². The molecule has 1 atom stereocenters. The van der Waals surface area contributed by atoms with Gasteiger partial charge in [0, 0.05) is 30.2 Å². The van der Waals surface area contributed by atoms with Gasteiger partial charge in [0.25, 0.3) is 0 Å². The minimum atomic E-state index is -0.220. The Morgan fingerprint density at radius 1 is 0.958 bits per heavy atom. The summed E-state index contributed by atoms with van der Waals surface area (Å²) in [5.74, 6) is 0. The van der Waals surface area contributed by atoms with E-state index in [1.165, 1.54) is 37.8 Å². The van der Waals surface area contributed by atoms with Gasteiger partial charge >= 0.3 is 0 Å². The van der Waals surface area contributed by atoms with Gasteiger partial charge in [0.1, 0.15) is 0 Å². The van der Waals surface area contributed by atoms with Gasteiger partial charge in [-0.2, -0.15) is 0 Å².